The molecule has 0 aromatic carbocycles. The SMILES string of the molecule is CCCCCCO.COc1cc(C2CCN(C3CN(C)C3)CC2)cnc1Cn1ncc2nc(N)nc(N)c21. The zero-order valence-corrected chi connectivity index (χ0v) is 23.0. The largest absolute Gasteiger partial charge is 0.495 e. The molecule has 3 aromatic rings. The van der Waals surface area contributed by atoms with Crippen molar-refractivity contribution in [2.75, 3.05) is 58.4 Å². The van der Waals surface area contributed by atoms with Crippen LogP contribution in [-0.4, -0.2) is 92.6 Å². The number of likely N-dealkylation sites (N-methyl/N-ethyl adjacent to an activating group) is 1. The van der Waals surface area contributed by atoms with E-state index in [0.29, 0.717) is 35.9 Å². The predicted octanol–water partition coefficient (Wildman–Crippen LogP) is 2.50. The van der Waals surface area contributed by atoms with Gasteiger partial charge in [-0.05, 0) is 56.9 Å². The van der Waals surface area contributed by atoms with Crippen LogP contribution in [0.4, 0.5) is 11.8 Å². The lowest BCUT2D eigenvalue weighted by atomic mass is 9.89. The number of fused-ring (bicyclic) bond motifs is 1. The number of nitrogens with zero attached hydrogens (tertiary/aromatic N) is 7. The minimum absolute atomic E-state index is 0.139. The molecule has 0 amide bonds. The molecule has 11 nitrogen and oxygen atoms in total. The molecule has 5 rings (SSSR count). The molecule has 0 aliphatic carbocycles. The second-order valence-electron chi connectivity index (χ2n) is 10.4. The van der Waals surface area contributed by atoms with E-state index < -0.39 is 0 Å². The van der Waals surface area contributed by atoms with E-state index in [1.807, 2.05) is 6.20 Å². The van der Waals surface area contributed by atoms with E-state index >= 15 is 0 Å². The van der Waals surface area contributed by atoms with Crippen molar-refractivity contribution in [3.05, 3.63) is 29.7 Å². The molecule has 2 fully saturated rings. The van der Waals surface area contributed by atoms with Crippen LogP contribution in [0.25, 0.3) is 11.0 Å². The van der Waals surface area contributed by atoms with Gasteiger partial charge in [-0.2, -0.15) is 10.1 Å². The maximum absolute atomic E-state index is 8.29. The number of aliphatic hydroxyl groups is 1. The van der Waals surface area contributed by atoms with Gasteiger partial charge in [0.15, 0.2) is 5.82 Å². The van der Waals surface area contributed by atoms with Gasteiger partial charge in [-0.15, -0.1) is 0 Å². The average Bonchev–Trinajstić information content (AvgIpc) is 3.30. The maximum Gasteiger partial charge on any atom is 0.222 e. The maximum atomic E-state index is 8.29. The first kappa shape index (κ1) is 28.0. The van der Waals surface area contributed by atoms with Gasteiger partial charge in [0, 0.05) is 31.9 Å². The smallest absolute Gasteiger partial charge is 0.222 e. The van der Waals surface area contributed by atoms with Crippen molar-refractivity contribution >= 4 is 22.8 Å². The standard InChI is InChI=1S/C21H29N9O.C6H14O/c1-28-10-15(11-28)29-5-3-13(4-6-29)14-7-18(31-2)17(24-8-14)12-30-19-16(9-25-30)26-21(23)27-20(19)22;1-2-3-4-5-6-7/h7-9,13,15H,3-6,10-12H2,1-2H3,(H4,22,23,26,27);7H,2-6H2,1H3. The van der Waals surface area contributed by atoms with Gasteiger partial charge >= 0.3 is 0 Å². The highest BCUT2D eigenvalue weighted by Crippen LogP contribution is 2.32. The van der Waals surface area contributed by atoms with Crippen LogP contribution in [-0.2, 0) is 6.54 Å². The zero-order chi connectivity index (χ0) is 27.1. The molecule has 2 aliphatic heterocycles. The van der Waals surface area contributed by atoms with Crippen molar-refractivity contribution in [2.45, 2.75) is 64.0 Å². The first-order valence-corrected chi connectivity index (χ1v) is 13.7. The van der Waals surface area contributed by atoms with E-state index in [9.17, 15) is 0 Å². The molecule has 2 aliphatic rings. The van der Waals surface area contributed by atoms with E-state index in [1.54, 1.807) is 18.0 Å². The molecule has 0 spiro atoms. The van der Waals surface area contributed by atoms with E-state index in [4.69, 9.17) is 26.3 Å². The molecule has 0 radical (unpaired) electrons. The van der Waals surface area contributed by atoms with Crippen LogP contribution in [0.3, 0.4) is 0 Å². The highest BCUT2D eigenvalue weighted by atomic mass is 16.5. The lowest BCUT2D eigenvalue weighted by Gasteiger charge is -2.46. The van der Waals surface area contributed by atoms with Gasteiger partial charge in [-0.25, -0.2) is 4.98 Å². The van der Waals surface area contributed by atoms with E-state index in [0.717, 1.165) is 49.8 Å². The number of aromatic nitrogens is 5. The molecule has 0 unspecified atom stereocenters. The third-order valence-corrected chi connectivity index (χ3v) is 7.58. The summed E-state index contributed by atoms with van der Waals surface area (Å²) in [5.74, 6) is 1.72. The number of aliphatic hydroxyl groups excluding tert-OH is 1. The molecule has 0 atom stereocenters. The molecular formula is C27H43N9O2. The van der Waals surface area contributed by atoms with Gasteiger partial charge in [0.05, 0.1) is 19.9 Å². The Balaban J connectivity index is 0.000000426. The fourth-order valence-electron chi connectivity index (χ4n) is 5.35. The highest BCUT2D eigenvalue weighted by Gasteiger charge is 2.32. The molecule has 38 heavy (non-hydrogen) atoms. The van der Waals surface area contributed by atoms with Gasteiger partial charge in [0.25, 0.3) is 0 Å². The quantitative estimate of drug-likeness (QED) is 0.356. The van der Waals surface area contributed by atoms with Gasteiger partial charge in [0.1, 0.15) is 22.5 Å². The van der Waals surface area contributed by atoms with Crippen molar-refractivity contribution < 1.29 is 9.84 Å². The van der Waals surface area contributed by atoms with Crippen LogP contribution >= 0.6 is 0 Å². The minimum atomic E-state index is 0.139. The fourth-order valence-corrected chi connectivity index (χ4v) is 5.35. The minimum Gasteiger partial charge on any atom is -0.495 e. The molecule has 11 heteroatoms. The first-order valence-electron chi connectivity index (χ1n) is 13.7. The number of nitrogen functional groups attached to an aromatic ring is 2. The van der Waals surface area contributed by atoms with Gasteiger partial charge in [-0.1, -0.05) is 26.2 Å². The number of methoxy groups -OCH3 is 1. The lowest BCUT2D eigenvalue weighted by Crippen LogP contribution is -2.59. The topological polar surface area (TPSA) is 144 Å². The summed E-state index contributed by atoms with van der Waals surface area (Å²) < 4.78 is 7.42. The Morgan fingerprint density at radius 3 is 2.50 bits per heavy atom. The van der Waals surface area contributed by atoms with Crippen molar-refractivity contribution in [2.24, 2.45) is 0 Å². The Bertz CT molecular complexity index is 1170. The van der Waals surface area contributed by atoms with Crippen LogP contribution in [0.2, 0.25) is 0 Å². The molecule has 5 N–H and O–H groups in total. The number of ether oxygens (including phenoxy) is 1. The van der Waals surface area contributed by atoms with Crippen molar-refractivity contribution in [3.63, 3.8) is 0 Å². The molecule has 5 heterocycles. The number of hydrogen-bond acceptors (Lipinski definition) is 10. The summed E-state index contributed by atoms with van der Waals surface area (Å²) in [4.78, 5) is 18.0. The molecule has 2 saturated heterocycles. The number of rotatable bonds is 9. The Labute approximate surface area is 225 Å². The third kappa shape index (κ3) is 6.69. The number of nitrogens with two attached hydrogens (primary N) is 2. The number of piperidine rings is 1. The van der Waals surface area contributed by atoms with Crippen molar-refractivity contribution in [3.8, 4) is 5.75 Å². The van der Waals surface area contributed by atoms with Gasteiger partial charge in [0.2, 0.25) is 5.95 Å². The van der Waals surface area contributed by atoms with E-state index in [2.05, 4.69) is 44.9 Å². The average molecular weight is 526 g/mol. The number of pyridine rings is 1. The Morgan fingerprint density at radius 2 is 1.84 bits per heavy atom. The Morgan fingerprint density at radius 1 is 1.08 bits per heavy atom. The summed E-state index contributed by atoms with van der Waals surface area (Å²) >= 11 is 0. The van der Waals surface area contributed by atoms with Crippen molar-refractivity contribution in [1.29, 1.82) is 0 Å². The monoisotopic (exact) mass is 525 g/mol. The Hall–Kier alpha value is -3.02. The summed E-state index contributed by atoms with van der Waals surface area (Å²) in [6.45, 7) is 7.62. The fraction of sp³-hybridized carbons (Fsp3) is 0.630. The molecule has 208 valence electrons. The molecule has 0 bridgehead atoms. The van der Waals surface area contributed by atoms with Gasteiger partial charge in [-0.3, -0.25) is 14.6 Å². The second kappa shape index (κ2) is 13.2. The van der Waals surface area contributed by atoms with Crippen LogP contribution in [0.5, 0.6) is 5.75 Å². The predicted molar refractivity (Wildman–Crippen MR) is 150 cm³/mol. The molecular weight excluding hydrogens is 482 g/mol. The lowest BCUT2D eigenvalue weighted by molar-refractivity contribution is 0.0362. The Kier molecular flexibility index (Phi) is 9.70. The number of anilines is 2. The summed E-state index contributed by atoms with van der Waals surface area (Å²) in [6, 6.07) is 2.86. The van der Waals surface area contributed by atoms with Crippen LogP contribution < -0.4 is 16.2 Å². The molecule has 3 aromatic heterocycles. The normalized spacial score (nSPS) is 17.3. The van der Waals surface area contributed by atoms with Crippen LogP contribution in [0.1, 0.15) is 62.6 Å². The van der Waals surface area contributed by atoms with E-state index in [1.165, 1.54) is 37.9 Å². The zero-order valence-electron chi connectivity index (χ0n) is 23.0. The van der Waals surface area contributed by atoms with Gasteiger partial charge < -0.3 is 26.2 Å². The highest BCUT2D eigenvalue weighted by molar-refractivity contribution is 5.85. The van der Waals surface area contributed by atoms with Crippen LogP contribution in [0.15, 0.2) is 18.5 Å². The number of unbranched alkanes of at least 4 members (excludes halogenated alkanes) is 3. The summed E-state index contributed by atoms with van der Waals surface area (Å²) in [6.07, 6.45) is 10.6. The summed E-state index contributed by atoms with van der Waals surface area (Å²) in [7, 11) is 3.87. The summed E-state index contributed by atoms with van der Waals surface area (Å²) in [5, 5.41) is 12.7. The van der Waals surface area contributed by atoms with Crippen LogP contribution in [0, 0.1) is 0 Å². The first-order chi connectivity index (χ1) is 18.4. The molecule has 0 saturated carbocycles. The second-order valence-corrected chi connectivity index (χ2v) is 10.4. The number of likely N-dealkylation sites (tertiary alicyclic amines) is 2. The van der Waals surface area contributed by atoms with Crippen molar-refractivity contribution in [1.82, 2.24) is 34.5 Å². The third-order valence-electron chi connectivity index (χ3n) is 7.58. The summed E-state index contributed by atoms with van der Waals surface area (Å²) in [5.41, 5.74) is 15.0. The number of hydrogen-bond donors (Lipinski definition) is 3. The van der Waals surface area contributed by atoms with E-state index in [-0.39, 0.29) is 5.95 Å².